The predicted octanol–water partition coefficient (Wildman–Crippen LogP) is 4.99. The third kappa shape index (κ3) is 492. The van der Waals surface area contributed by atoms with E-state index in [-0.39, 0.29) is 0 Å². The highest BCUT2D eigenvalue weighted by Crippen LogP contribution is 1.42. The van der Waals surface area contributed by atoms with Crippen LogP contribution in [0.3, 0.4) is 0 Å². The Labute approximate surface area is 100 Å². The first-order valence-corrected chi connectivity index (χ1v) is 4.59. The normalized spacial score (nSPS) is 4.75. The second kappa shape index (κ2) is 72.3. The maximum atomic E-state index is 8.56. The number of carbonyl (C=O) groups is 1. The standard InChI is InChI=1S/4C3H6.CH2O3/c4*1-3-2;2-1(3)4/h4*3H,1H2,2H3;(H2,2,3,4). The summed E-state index contributed by atoms with van der Waals surface area (Å²) in [5.74, 6) is 0. The van der Waals surface area contributed by atoms with Gasteiger partial charge in [0.05, 0.1) is 0 Å². The Balaban J connectivity index is -0.0000000317. The Hall–Kier alpha value is -1.77. The van der Waals surface area contributed by atoms with Gasteiger partial charge in [-0.25, -0.2) is 4.79 Å². The maximum Gasteiger partial charge on any atom is 0.503 e. The smallest absolute Gasteiger partial charge is 0.450 e. The van der Waals surface area contributed by atoms with E-state index in [4.69, 9.17) is 15.0 Å². The number of hydrogen-bond donors (Lipinski definition) is 2. The van der Waals surface area contributed by atoms with Crippen LogP contribution in [0.5, 0.6) is 0 Å². The van der Waals surface area contributed by atoms with Crippen LogP contribution in [0, 0.1) is 0 Å². The molecule has 96 valence electrons. The van der Waals surface area contributed by atoms with Crippen LogP contribution in [0.1, 0.15) is 27.7 Å². The van der Waals surface area contributed by atoms with E-state index in [1.807, 2.05) is 27.7 Å². The molecule has 0 aliphatic heterocycles. The first-order valence-electron chi connectivity index (χ1n) is 4.59. The average molecular weight is 230 g/mol. The zero-order valence-electron chi connectivity index (χ0n) is 10.9. The summed E-state index contributed by atoms with van der Waals surface area (Å²) in [5, 5.41) is 13.9. The lowest BCUT2D eigenvalue weighted by Gasteiger charge is -1.60. The fourth-order valence-electron chi connectivity index (χ4n) is 0. The average Bonchev–Trinajstić information content (AvgIpc) is 2.06. The van der Waals surface area contributed by atoms with Gasteiger partial charge in [0, 0.05) is 0 Å². The van der Waals surface area contributed by atoms with E-state index in [0.29, 0.717) is 0 Å². The molecular formula is C13H26O3. The molecule has 0 amide bonds. The van der Waals surface area contributed by atoms with Crippen molar-refractivity contribution in [3.05, 3.63) is 50.6 Å². The van der Waals surface area contributed by atoms with Gasteiger partial charge in [-0.3, -0.25) is 0 Å². The van der Waals surface area contributed by atoms with E-state index in [1.165, 1.54) is 0 Å². The van der Waals surface area contributed by atoms with Crippen LogP contribution in [0.25, 0.3) is 0 Å². The minimum Gasteiger partial charge on any atom is -0.450 e. The third-order valence-electron chi connectivity index (χ3n) is 0. The highest BCUT2D eigenvalue weighted by Gasteiger charge is 1.70. The number of allylic oxidation sites excluding steroid dienone is 4. The van der Waals surface area contributed by atoms with Crippen LogP contribution in [-0.4, -0.2) is 16.4 Å². The lowest BCUT2D eigenvalue weighted by atomic mass is 10.8. The van der Waals surface area contributed by atoms with Crippen LogP contribution < -0.4 is 0 Å². The summed E-state index contributed by atoms with van der Waals surface area (Å²) >= 11 is 0. The molecular weight excluding hydrogens is 204 g/mol. The zero-order chi connectivity index (χ0) is 14.4. The van der Waals surface area contributed by atoms with Gasteiger partial charge >= 0.3 is 6.16 Å². The topological polar surface area (TPSA) is 57.5 Å². The minimum absolute atomic E-state index is 1.75. The lowest BCUT2D eigenvalue weighted by molar-refractivity contribution is 0.137. The van der Waals surface area contributed by atoms with E-state index in [9.17, 15) is 0 Å². The number of carboxylic acid groups (broad SMARTS) is 2. The quantitative estimate of drug-likeness (QED) is 0.576. The molecule has 0 aromatic heterocycles. The van der Waals surface area contributed by atoms with Gasteiger partial charge in [0.15, 0.2) is 0 Å². The highest BCUT2D eigenvalue weighted by atomic mass is 16.6. The summed E-state index contributed by atoms with van der Waals surface area (Å²) in [4.78, 5) is 8.56. The van der Waals surface area contributed by atoms with Gasteiger partial charge < -0.3 is 10.2 Å². The van der Waals surface area contributed by atoms with Crippen molar-refractivity contribution in [2.24, 2.45) is 0 Å². The Morgan fingerprint density at radius 1 is 0.750 bits per heavy atom. The molecule has 0 bridgehead atoms. The van der Waals surface area contributed by atoms with Crippen LogP contribution in [0.4, 0.5) is 4.79 Å². The summed E-state index contributed by atoms with van der Waals surface area (Å²) in [7, 11) is 0. The predicted molar refractivity (Wildman–Crippen MR) is 74.1 cm³/mol. The number of rotatable bonds is 0. The Morgan fingerprint density at radius 3 is 0.750 bits per heavy atom. The summed E-state index contributed by atoms with van der Waals surface area (Å²) in [5.41, 5.74) is 0. The summed E-state index contributed by atoms with van der Waals surface area (Å²) in [6.45, 7) is 21.0. The van der Waals surface area contributed by atoms with Crippen LogP contribution in [0.15, 0.2) is 50.6 Å². The SMILES string of the molecule is C=CC.C=CC.C=CC.C=CC.O=C(O)O. The molecule has 2 N–H and O–H groups in total. The van der Waals surface area contributed by atoms with Gasteiger partial charge in [0.25, 0.3) is 0 Å². The van der Waals surface area contributed by atoms with E-state index in [2.05, 4.69) is 26.3 Å². The molecule has 0 aromatic rings. The molecule has 0 saturated carbocycles. The Kier molecular flexibility index (Phi) is 132. The summed E-state index contributed by atoms with van der Waals surface area (Å²) in [6.07, 6.45) is 5.17. The molecule has 0 rings (SSSR count). The largest absolute Gasteiger partial charge is 0.503 e. The van der Waals surface area contributed by atoms with Crippen molar-refractivity contribution in [1.29, 1.82) is 0 Å². The molecule has 16 heavy (non-hydrogen) atoms. The van der Waals surface area contributed by atoms with Gasteiger partial charge in [0.1, 0.15) is 0 Å². The first-order chi connectivity index (χ1) is 7.39. The molecule has 0 saturated heterocycles. The molecule has 0 aliphatic rings. The van der Waals surface area contributed by atoms with Crippen molar-refractivity contribution in [3.63, 3.8) is 0 Å². The molecule has 3 heteroatoms. The molecule has 0 atom stereocenters. The molecule has 0 radical (unpaired) electrons. The highest BCUT2D eigenvalue weighted by molar-refractivity contribution is 5.53. The van der Waals surface area contributed by atoms with Gasteiger partial charge in [-0.05, 0) is 27.7 Å². The lowest BCUT2D eigenvalue weighted by Crippen LogP contribution is -1.81. The molecule has 0 heterocycles. The molecule has 0 aromatic carbocycles. The fourth-order valence-corrected chi connectivity index (χ4v) is 0. The van der Waals surface area contributed by atoms with Gasteiger partial charge in [-0.1, -0.05) is 24.3 Å². The number of hydrogen-bond acceptors (Lipinski definition) is 1. The first kappa shape index (κ1) is 29.2. The minimum atomic E-state index is -1.83. The van der Waals surface area contributed by atoms with Crippen molar-refractivity contribution in [2.45, 2.75) is 27.7 Å². The Bertz CT molecular complexity index is 121. The van der Waals surface area contributed by atoms with Crippen molar-refractivity contribution >= 4 is 6.16 Å². The molecule has 0 unspecified atom stereocenters. The Morgan fingerprint density at radius 2 is 0.750 bits per heavy atom. The van der Waals surface area contributed by atoms with Crippen molar-refractivity contribution in [3.8, 4) is 0 Å². The van der Waals surface area contributed by atoms with E-state index < -0.39 is 6.16 Å². The van der Waals surface area contributed by atoms with Crippen LogP contribution >= 0.6 is 0 Å². The van der Waals surface area contributed by atoms with Crippen LogP contribution in [0.2, 0.25) is 0 Å². The zero-order valence-corrected chi connectivity index (χ0v) is 10.9. The molecule has 0 spiro atoms. The van der Waals surface area contributed by atoms with Gasteiger partial charge in [0.2, 0.25) is 0 Å². The maximum absolute atomic E-state index is 8.56. The summed E-state index contributed by atoms with van der Waals surface area (Å²) in [6, 6.07) is 0. The molecule has 0 aliphatic carbocycles. The van der Waals surface area contributed by atoms with Crippen molar-refractivity contribution in [2.75, 3.05) is 0 Å². The molecule has 3 nitrogen and oxygen atoms in total. The van der Waals surface area contributed by atoms with E-state index >= 15 is 0 Å². The van der Waals surface area contributed by atoms with Crippen molar-refractivity contribution in [1.82, 2.24) is 0 Å². The molecule has 0 fully saturated rings. The van der Waals surface area contributed by atoms with E-state index in [0.717, 1.165) is 0 Å². The van der Waals surface area contributed by atoms with Gasteiger partial charge in [-0.15, -0.1) is 26.3 Å². The van der Waals surface area contributed by atoms with Crippen molar-refractivity contribution < 1.29 is 15.0 Å². The van der Waals surface area contributed by atoms with Crippen LogP contribution in [-0.2, 0) is 0 Å². The van der Waals surface area contributed by atoms with E-state index in [1.54, 1.807) is 24.3 Å². The fraction of sp³-hybridized carbons (Fsp3) is 0.308. The summed E-state index contributed by atoms with van der Waals surface area (Å²) < 4.78 is 0. The second-order valence-corrected chi connectivity index (χ2v) is 1.92. The third-order valence-corrected chi connectivity index (χ3v) is 0. The van der Waals surface area contributed by atoms with Gasteiger partial charge in [-0.2, -0.15) is 0 Å². The second-order valence-electron chi connectivity index (χ2n) is 1.92. The monoisotopic (exact) mass is 230 g/mol.